The monoisotopic (exact) mass is 276 g/mol. The molecule has 0 saturated carbocycles. The largest absolute Gasteiger partial charge is 0.439 e. The fraction of sp³-hybridized carbons (Fsp3) is 0.200. The highest BCUT2D eigenvalue weighted by Crippen LogP contribution is 2.40. The summed E-state index contributed by atoms with van der Waals surface area (Å²) >= 11 is 0. The smallest absolute Gasteiger partial charge is 0.290 e. The fourth-order valence-electron chi connectivity index (χ4n) is 1.51. The van der Waals surface area contributed by atoms with Crippen molar-refractivity contribution < 1.29 is 14.2 Å². The quantitative estimate of drug-likeness (QED) is 0.781. The van der Waals surface area contributed by atoms with E-state index in [1.807, 2.05) is 60.7 Å². The Balaban J connectivity index is 1.99. The van der Waals surface area contributed by atoms with Gasteiger partial charge in [-0.3, -0.25) is 0 Å². The number of benzene rings is 2. The van der Waals surface area contributed by atoms with Gasteiger partial charge in [0, 0.05) is 12.8 Å². The molecule has 0 aliphatic rings. The molecule has 0 saturated heterocycles. The van der Waals surface area contributed by atoms with Crippen LogP contribution in [0.5, 0.6) is 11.5 Å². The van der Waals surface area contributed by atoms with Crippen LogP contribution in [0.2, 0.25) is 0 Å². The van der Waals surface area contributed by atoms with E-state index in [9.17, 15) is 0 Å². The van der Waals surface area contributed by atoms with Crippen molar-refractivity contribution in [2.24, 2.45) is 0 Å². The van der Waals surface area contributed by atoms with Crippen LogP contribution in [0.3, 0.4) is 0 Å². The van der Waals surface area contributed by atoms with Gasteiger partial charge in [0.2, 0.25) is 0 Å². The van der Waals surface area contributed by atoms with Crippen molar-refractivity contribution in [3.63, 3.8) is 0 Å². The zero-order chi connectivity index (χ0) is 13.3. The first-order valence-corrected chi connectivity index (χ1v) is 7.59. The molecule has 0 aliphatic carbocycles. The van der Waals surface area contributed by atoms with E-state index >= 15 is 0 Å². The Morgan fingerprint density at radius 1 is 0.789 bits per heavy atom. The van der Waals surface area contributed by atoms with E-state index in [2.05, 4.69) is 0 Å². The predicted molar refractivity (Wildman–Crippen MR) is 77.6 cm³/mol. The number of rotatable bonds is 7. The Hall–Kier alpha value is -1.57. The summed E-state index contributed by atoms with van der Waals surface area (Å²) in [7, 11) is -1.08. The maximum absolute atomic E-state index is 8.95. The number of aliphatic hydroxyl groups is 1. The first kappa shape index (κ1) is 13.9. The molecule has 0 bridgehead atoms. The van der Waals surface area contributed by atoms with Crippen LogP contribution < -0.4 is 9.05 Å². The molecule has 0 fully saturated rings. The number of hydrogen-bond acceptors (Lipinski definition) is 3. The zero-order valence-electron chi connectivity index (χ0n) is 10.6. The minimum absolute atomic E-state index is 0.148. The molecule has 0 aliphatic heterocycles. The van der Waals surface area contributed by atoms with Crippen molar-refractivity contribution >= 4 is 8.38 Å². The highest BCUT2D eigenvalue weighted by Gasteiger charge is 2.14. The van der Waals surface area contributed by atoms with Gasteiger partial charge in [-0.25, -0.2) is 0 Å². The molecule has 0 heterocycles. The lowest BCUT2D eigenvalue weighted by atomic mass is 10.3. The molecule has 1 N–H and O–H groups in total. The summed E-state index contributed by atoms with van der Waals surface area (Å²) in [6.07, 6.45) is 1.38. The maximum atomic E-state index is 8.95. The van der Waals surface area contributed by atoms with Gasteiger partial charge in [-0.15, -0.1) is 0 Å². The highest BCUT2D eigenvalue weighted by atomic mass is 31.2. The first-order valence-electron chi connectivity index (χ1n) is 6.23. The number of hydrogen-bond donors (Lipinski definition) is 1. The van der Waals surface area contributed by atoms with Crippen LogP contribution in [0.1, 0.15) is 6.42 Å². The predicted octanol–water partition coefficient (Wildman–Crippen LogP) is 3.84. The molecule has 4 heteroatoms. The SMILES string of the molecule is OCCCP(Oc1ccccc1)Oc1ccccc1. The van der Waals surface area contributed by atoms with Crippen LogP contribution in [0, 0.1) is 0 Å². The summed E-state index contributed by atoms with van der Waals surface area (Å²) in [5.41, 5.74) is 0. The van der Waals surface area contributed by atoms with Crippen LogP contribution in [-0.4, -0.2) is 17.9 Å². The lowest BCUT2D eigenvalue weighted by Gasteiger charge is -2.18. The number of aliphatic hydroxyl groups excluding tert-OH is 1. The van der Waals surface area contributed by atoms with Crippen molar-refractivity contribution in [3.05, 3.63) is 60.7 Å². The van der Waals surface area contributed by atoms with Gasteiger partial charge in [-0.1, -0.05) is 36.4 Å². The molecule has 100 valence electrons. The van der Waals surface area contributed by atoms with Gasteiger partial charge in [-0.2, -0.15) is 0 Å². The second-order valence-corrected chi connectivity index (χ2v) is 5.42. The van der Waals surface area contributed by atoms with Gasteiger partial charge >= 0.3 is 0 Å². The molecule has 0 aromatic heterocycles. The van der Waals surface area contributed by atoms with E-state index in [1.165, 1.54) is 0 Å². The van der Waals surface area contributed by atoms with Gasteiger partial charge in [0.1, 0.15) is 11.5 Å². The van der Waals surface area contributed by atoms with Crippen molar-refractivity contribution in [1.29, 1.82) is 0 Å². The number of para-hydroxylation sites is 2. The molecule has 2 aromatic carbocycles. The van der Waals surface area contributed by atoms with Crippen LogP contribution in [-0.2, 0) is 0 Å². The average Bonchev–Trinajstić information content (AvgIpc) is 2.47. The van der Waals surface area contributed by atoms with Crippen molar-refractivity contribution in [2.45, 2.75) is 6.42 Å². The van der Waals surface area contributed by atoms with Crippen LogP contribution >= 0.6 is 8.38 Å². The van der Waals surface area contributed by atoms with E-state index in [0.29, 0.717) is 12.6 Å². The van der Waals surface area contributed by atoms with Crippen molar-refractivity contribution in [2.75, 3.05) is 12.8 Å². The van der Waals surface area contributed by atoms with Gasteiger partial charge < -0.3 is 14.2 Å². The van der Waals surface area contributed by atoms with Crippen molar-refractivity contribution in [3.8, 4) is 11.5 Å². The molecule has 0 amide bonds. The van der Waals surface area contributed by atoms with E-state index in [-0.39, 0.29) is 6.61 Å². The topological polar surface area (TPSA) is 38.7 Å². The van der Waals surface area contributed by atoms with Gasteiger partial charge in [0.25, 0.3) is 8.38 Å². The van der Waals surface area contributed by atoms with Crippen LogP contribution in [0.25, 0.3) is 0 Å². The lowest BCUT2D eigenvalue weighted by Crippen LogP contribution is -2.01. The summed E-state index contributed by atoms with van der Waals surface area (Å²) in [5.74, 6) is 1.59. The Labute approximate surface area is 114 Å². The highest BCUT2D eigenvalue weighted by molar-refractivity contribution is 7.48. The molecule has 3 nitrogen and oxygen atoms in total. The maximum Gasteiger partial charge on any atom is 0.290 e. The third kappa shape index (κ3) is 4.90. The third-order valence-electron chi connectivity index (χ3n) is 2.40. The first-order chi connectivity index (χ1) is 9.38. The second kappa shape index (κ2) is 7.78. The van der Waals surface area contributed by atoms with Gasteiger partial charge in [0.15, 0.2) is 0 Å². The molecule has 2 rings (SSSR count). The molecular formula is C15H17O3P. The second-order valence-electron chi connectivity index (χ2n) is 3.94. The average molecular weight is 276 g/mol. The minimum Gasteiger partial charge on any atom is -0.439 e. The normalized spacial score (nSPS) is 10.4. The Morgan fingerprint density at radius 3 is 1.68 bits per heavy atom. The van der Waals surface area contributed by atoms with Crippen molar-refractivity contribution in [1.82, 2.24) is 0 Å². The summed E-state index contributed by atoms with van der Waals surface area (Å²) < 4.78 is 11.7. The van der Waals surface area contributed by atoms with E-state index < -0.39 is 8.38 Å². The molecule has 0 spiro atoms. The molecular weight excluding hydrogens is 259 g/mol. The van der Waals surface area contributed by atoms with E-state index in [1.54, 1.807) is 0 Å². The van der Waals surface area contributed by atoms with Gasteiger partial charge in [-0.05, 0) is 30.7 Å². The van der Waals surface area contributed by atoms with Crippen LogP contribution in [0.15, 0.2) is 60.7 Å². The fourth-order valence-corrected chi connectivity index (χ4v) is 2.84. The third-order valence-corrected chi connectivity index (χ3v) is 3.91. The Kier molecular flexibility index (Phi) is 5.67. The molecule has 0 radical (unpaired) electrons. The van der Waals surface area contributed by atoms with E-state index in [4.69, 9.17) is 14.2 Å². The lowest BCUT2D eigenvalue weighted by molar-refractivity contribution is 0.294. The summed E-state index contributed by atoms with van der Waals surface area (Å²) in [6.45, 7) is 0.148. The molecule has 0 unspecified atom stereocenters. The minimum atomic E-state index is -1.08. The van der Waals surface area contributed by atoms with Crippen LogP contribution in [0.4, 0.5) is 0 Å². The summed E-state index contributed by atoms with van der Waals surface area (Å²) in [5, 5.41) is 8.95. The van der Waals surface area contributed by atoms with E-state index in [0.717, 1.165) is 11.5 Å². The summed E-state index contributed by atoms with van der Waals surface area (Å²) in [6, 6.07) is 19.2. The molecule has 19 heavy (non-hydrogen) atoms. The molecule has 0 atom stereocenters. The standard InChI is InChI=1S/C15H17O3P/c16-12-7-13-19(17-14-8-3-1-4-9-14)18-15-10-5-2-6-11-15/h1-6,8-11,16H,7,12-13H2. The summed E-state index contributed by atoms with van der Waals surface area (Å²) in [4.78, 5) is 0. The molecule has 2 aromatic rings. The Morgan fingerprint density at radius 2 is 1.26 bits per heavy atom. The zero-order valence-corrected chi connectivity index (χ0v) is 11.5. The Bertz CT molecular complexity index is 420. The van der Waals surface area contributed by atoms with Gasteiger partial charge in [0.05, 0.1) is 0 Å².